The van der Waals surface area contributed by atoms with E-state index < -0.39 is 104 Å². The molecule has 0 bridgehead atoms. The summed E-state index contributed by atoms with van der Waals surface area (Å²) in [6, 6.07) is 5.76. The van der Waals surface area contributed by atoms with Crippen LogP contribution < -0.4 is 0 Å². The molecule has 0 aliphatic carbocycles. The maximum atomic E-state index is 12.9. The summed E-state index contributed by atoms with van der Waals surface area (Å²) >= 11 is 0. The highest BCUT2D eigenvalue weighted by Gasteiger charge is 2.62. The van der Waals surface area contributed by atoms with Gasteiger partial charge in [0.05, 0.1) is 0 Å². The highest BCUT2D eigenvalue weighted by molar-refractivity contribution is 5.87. The molecule has 1 aromatic carbocycles. The van der Waals surface area contributed by atoms with E-state index >= 15 is 0 Å². The summed E-state index contributed by atoms with van der Waals surface area (Å²) in [6.45, 7) is 1.92. The first kappa shape index (κ1) is 36.3. The van der Waals surface area contributed by atoms with Crippen molar-refractivity contribution in [3.63, 3.8) is 0 Å². The monoisotopic (exact) mass is 656 g/mol. The molecular formula is C29H36O17. The van der Waals surface area contributed by atoms with Crippen LogP contribution in [0.3, 0.4) is 0 Å². The molecule has 0 unspecified atom stereocenters. The molecule has 2 fully saturated rings. The lowest BCUT2D eigenvalue weighted by Gasteiger charge is -2.45. The fourth-order valence-corrected chi connectivity index (χ4v) is 4.69. The van der Waals surface area contributed by atoms with Crippen molar-refractivity contribution in [1.82, 2.24) is 0 Å². The molecule has 2 heterocycles. The molecule has 2 aliphatic rings. The maximum Gasteiger partial charge on any atom is 0.331 e. The van der Waals surface area contributed by atoms with Crippen LogP contribution in [0.4, 0.5) is 0 Å². The highest BCUT2D eigenvalue weighted by Crippen LogP contribution is 2.39. The molecule has 254 valence electrons. The van der Waals surface area contributed by atoms with Gasteiger partial charge in [-0.1, -0.05) is 12.1 Å². The highest BCUT2D eigenvalue weighted by atomic mass is 16.8. The van der Waals surface area contributed by atoms with Gasteiger partial charge in [0.2, 0.25) is 5.79 Å². The molecule has 0 aromatic heterocycles. The smallest absolute Gasteiger partial charge is 0.331 e. The number of carbonyl (C=O) groups excluding carboxylic acids is 5. The Kier molecular flexibility index (Phi) is 12.6. The van der Waals surface area contributed by atoms with Gasteiger partial charge in [0.1, 0.15) is 50.0 Å². The predicted molar refractivity (Wildman–Crippen MR) is 148 cm³/mol. The number of benzene rings is 1. The van der Waals surface area contributed by atoms with Gasteiger partial charge in [-0.15, -0.1) is 0 Å². The molecule has 0 radical (unpaired) electrons. The molecule has 0 spiro atoms. The molecule has 9 atom stereocenters. The molecule has 0 saturated carbocycles. The molecule has 17 nitrogen and oxygen atoms in total. The summed E-state index contributed by atoms with van der Waals surface area (Å²) in [6.07, 6.45) is -11.3. The standard InChI is InChI=1S/C29H36O17/c1-14(31)39-11-20-23(37)27(44-22(36)10-7-18-5-8-19(35)9-6-18)29(13-30,45-20)46-28-24(38)26(42-17(4)34)25(41-16(3)33)21(43-28)12-40-15(2)32/h5-10,20-21,23-28,30,35,37-38H,11-13H2,1-4H3/b10-7+/t20-,21-,23-,24-,25-,26-,27+,28-,29+/m1/s1. The van der Waals surface area contributed by atoms with E-state index in [1.165, 1.54) is 30.3 Å². The van der Waals surface area contributed by atoms with E-state index in [1.54, 1.807) is 0 Å². The van der Waals surface area contributed by atoms with E-state index in [2.05, 4.69) is 0 Å². The number of ether oxygens (including phenoxy) is 8. The maximum absolute atomic E-state index is 12.9. The van der Waals surface area contributed by atoms with Gasteiger partial charge in [-0.25, -0.2) is 4.79 Å². The lowest BCUT2D eigenvalue weighted by Crippen LogP contribution is -2.64. The van der Waals surface area contributed by atoms with Crippen LogP contribution in [0.15, 0.2) is 30.3 Å². The quantitative estimate of drug-likeness (QED) is 0.118. The van der Waals surface area contributed by atoms with Crippen molar-refractivity contribution in [2.24, 2.45) is 0 Å². The number of aromatic hydroxyl groups is 1. The first-order valence-electron chi connectivity index (χ1n) is 13.9. The first-order chi connectivity index (χ1) is 21.6. The van der Waals surface area contributed by atoms with Crippen molar-refractivity contribution in [2.75, 3.05) is 19.8 Å². The van der Waals surface area contributed by atoms with Crippen LogP contribution >= 0.6 is 0 Å². The van der Waals surface area contributed by atoms with Gasteiger partial charge in [0.15, 0.2) is 24.6 Å². The van der Waals surface area contributed by atoms with Crippen LogP contribution in [-0.2, 0) is 61.9 Å². The zero-order valence-electron chi connectivity index (χ0n) is 25.3. The average Bonchev–Trinajstić information content (AvgIpc) is 3.23. The minimum Gasteiger partial charge on any atom is -0.508 e. The van der Waals surface area contributed by atoms with Crippen molar-refractivity contribution in [3.05, 3.63) is 35.9 Å². The van der Waals surface area contributed by atoms with Gasteiger partial charge >= 0.3 is 29.8 Å². The molecule has 0 amide bonds. The predicted octanol–water partition coefficient (Wildman–Crippen LogP) is -1.14. The van der Waals surface area contributed by atoms with Crippen molar-refractivity contribution >= 4 is 35.9 Å². The Morgan fingerprint density at radius 3 is 1.91 bits per heavy atom. The summed E-state index contributed by atoms with van der Waals surface area (Å²) in [4.78, 5) is 59.7. The summed E-state index contributed by atoms with van der Waals surface area (Å²) in [5.74, 6) is -6.84. The molecule has 2 saturated heterocycles. The van der Waals surface area contributed by atoms with Crippen LogP contribution in [0.2, 0.25) is 0 Å². The minimum absolute atomic E-state index is 0.00742. The number of aliphatic hydroxyl groups is 3. The molecule has 1 aromatic rings. The third-order valence-electron chi connectivity index (χ3n) is 6.68. The van der Waals surface area contributed by atoms with E-state index in [0.29, 0.717) is 5.56 Å². The van der Waals surface area contributed by atoms with Gasteiger partial charge < -0.3 is 58.3 Å². The Balaban J connectivity index is 1.96. The number of aliphatic hydroxyl groups excluding tert-OH is 3. The second kappa shape index (κ2) is 15.9. The lowest BCUT2D eigenvalue weighted by molar-refractivity contribution is -0.383. The Morgan fingerprint density at radius 2 is 1.37 bits per heavy atom. The van der Waals surface area contributed by atoms with Gasteiger partial charge in [0, 0.05) is 33.8 Å². The molecule has 46 heavy (non-hydrogen) atoms. The summed E-state index contributed by atoms with van der Waals surface area (Å²) in [5, 5.41) is 42.3. The number of hydrogen-bond acceptors (Lipinski definition) is 17. The zero-order valence-corrected chi connectivity index (χ0v) is 25.3. The van der Waals surface area contributed by atoms with E-state index in [-0.39, 0.29) is 5.75 Å². The Morgan fingerprint density at radius 1 is 0.804 bits per heavy atom. The van der Waals surface area contributed by atoms with Crippen molar-refractivity contribution in [3.8, 4) is 5.75 Å². The van der Waals surface area contributed by atoms with Crippen LogP contribution in [0.5, 0.6) is 5.75 Å². The van der Waals surface area contributed by atoms with Gasteiger partial charge in [0.25, 0.3) is 0 Å². The third kappa shape index (κ3) is 9.44. The number of esters is 5. The van der Waals surface area contributed by atoms with E-state index in [9.17, 15) is 44.4 Å². The van der Waals surface area contributed by atoms with Crippen molar-refractivity contribution in [2.45, 2.75) is 82.5 Å². The molecule has 2 aliphatic heterocycles. The van der Waals surface area contributed by atoms with E-state index in [4.69, 9.17) is 37.9 Å². The number of phenolic OH excluding ortho intramolecular Hbond substituents is 1. The van der Waals surface area contributed by atoms with Crippen LogP contribution in [0.25, 0.3) is 6.08 Å². The molecule has 4 N–H and O–H groups in total. The lowest BCUT2D eigenvalue weighted by atomic mass is 9.98. The number of rotatable bonds is 12. The van der Waals surface area contributed by atoms with Crippen LogP contribution in [-0.4, -0.2) is 125 Å². The fourth-order valence-electron chi connectivity index (χ4n) is 4.69. The SMILES string of the molecule is CC(=O)OC[C@H]1O[C@@](CO)(O[C@H]2O[C@H](COC(C)=O)[C@@H](OC(C)=O)[C@H](OC(C)=O)[C@H]2O)[C@@H](OC(=O)/C=C/c2ccc(O)cc2)[C@@H]1O. The zero-order chi connectivity index (χ0) is 34.2. The normalized spacial score (nSPS) is 30.8. The summed E-state index contributed by atoms with van der Waals surface area (Å²) < 4.78 is 43.1. The Labute approximate surface area is 262 Å². The number of phenols is 1. The van der Waals surface area contributed by atoms with E-state index in [0.717, 1.165) is 33.8 Å². The van der Waals surface area contributed by atoms with E-state index in [1.807, 2.05) is 0 Å². The Hall–Kier alpha value is -4.13. The Bertz CT molecular complexity index is 1280. The third-order valence-corrected chi connectivity index (χ3v) is 6.68. The minimum atomic E-state index is -2.50. The summed E-state index contributed by atoms with van der Waals surface area (Å²) in [5.41, 5.74) is 0.492. The number of carbonyl (C=O) groups is 5. The molecule has 3 rings (SSSR count). The summed E-state index contributed by atoms with van der Waals surface area (Å²) in [7, 11) is 0. The van der Waals surface area contributed by atoms with Gasteiger partial charge in [-0.3, -0.25) is 19.2 Å². The van der Waals surface area contributed by atoms with Gasteiger partial charge in [-0.05, 0) is 23.8 Å². The van der Waals surface area contributed by atoms with Crippen molar-refractivity contribution < 1.29 is 82.3 Å². The first-order valence-corrected chi connectivity index (χ1v) is 13.9. The van der Waals surface area contributed by atoms with Crippen LogP contribution in [0, 0.1) is 0 Å². The van der Waals surface area contributed by atoms with Gasteiger partial charge in [-0.2, -0.15) is 0 Å². The molecule has 17 heteroatoms. The second-order valence-electron chi connectivity index (χ2n) is 10.3. The topological polar surface area (TPSA) is 240 Å². The molecular weight excluding hydrogens is 620 g/mol. The van der Waals surface area contributed by atoms with Crippen LogP contribution in [0.1, 0.15) is 33.3 Å². The largest absolute Gasteiger partial charge is 0.508 e. The fraction of sp³-hybridized carbons (Fsp3) is 0.552. The second-order valence-corrected chi connectivity index (χ2v) is 10.3. The average molecular weight is 657 g/mol. The number of hydrogen-bond donors (Lipinski definition) is 4. The van der Waals surface area contributed by atoms with Crippen molar-refractivity contribution in [1.29, 1.82) is 0 Å².